The van der Waals surface area contributed by atoms with E-state index >= 15 is 0 Å². The number of ether oxygens (including phenoxy) is 2. The average Bonchev–Trinajstić information content (AvgIpc) is 3.39. The maximum Gasteiger partial charge on any atom is 0.264 e. The first-order valence-electron chi connectivity index (χ1n) is 9.14. The minimum atomic E-state index is 0.0685. The van der Waals surface area contributed by atoms with E-state index in [2.05, 4.69) is 20.1 Å². The standard InChI is InChI=1S/C20H22N4O3/c1-12(2)26-15-6-7-16(19-13(3)21-8-9-22-19)17(10-15)25-11-18-23-20(24-27-18)14-4-5-14/h6-10,12,14H,4-5,11H2,1-3H3. The van der Waals surface area contributed by atoms with E-state index in [-0.39, 0.29) is 12.7 Å². The predicted molar refractivity (Wildman–Crippen MR) is 98.6 cm³/mol. The molecule has 0 atom stereocenters. The van der Waals surface area contributed by atoms with E-state index in [1.54, 1.807) is 12.4 Å². The topological polar surface area (TPSA) is 83.2 Å². The van der Waals surface area contributed by atoms with Crippen LogP contribution in [0, 0.1) is 6.92 Å². The number of hydrogen-bond donors (Lipinski definition) is 0. The van der Waals surface area contributed by atoms with Crippen LogP contribution >= 0.6 is 0 Å². The van der Waals surface area contributed by atoms with Crippen molar-refractivity contribution in [2.24, 2.45) is 0 Å². The minimum absolute atomic E-state index is 0.0685. The largest absolute Gasteiger partial charge is 0.491 e. The zero-order valence-electron chi connectivity index (χ0n) is 15.7. The van der Waals surface area contributed by atoms with E-state index in [9.17, 15) is 0 Å². The molecular weight excluding hydrogens is 344 g/mol. The van der Waals surface area contributed by atoms with Gasteiger partial charge in [-0.2, -0.15) is 4.98 Å². The molecule has 0 aliphatic heterocycles. The van der Waals surface area contributed by atoms with Crippen molar-refractivity contribution in [1.82, 2.24) is 20.1 Å². The van der Waals surface area contributed by atoms with Crippen molar-refractivity contribution in [1.29, 1.82) is 0 Å². The second kappa shape index (κ2) is 7.34. The summed E-state index contributed by atoms with van der Waals surface area (Å²) in [7, 11) is 0. The Morgan fingerprint density at radius 3 is 2.74 bits per heavy atom. The van der Waals surface area contributed by atoms with Crippen LogP contribution in [-0.2, 0) is 6.61 Å². The smallest absolute Gasteiger partial charge is 0.264 e. The molecule has 4 rings (SSSR count). The quantitative estimate of drug-likeness (QED) is 0.623. The monoisotopic (exact) mass is 366 g/mol. The molecule has 0 amide bonds. The van der Waals surface area contributed by atoms with Gasteiger partial charge in [0, 0.05) is 29.9 Å². The second-order valence-corrected chi connectivity index (χ2v) is 6.92. The molecule has 0 bridgehead atoms. The Morgan fingerprint density at radius 1 is 1.19 bits per heavy atom. The zero-order valence-corrected chi connectivity index (χ0v) is 15.7. The molecule has 7 heteroatoms. The Labute approximate surface area is 157 Å². The zero-order chi connectivity index (χ0) is 18.8. The molecule has 3 aromatic rings. The van der Waals surface area contributed by atoms with Gasteiger partial charge in [0.2, 0.25) is 0 Å². The molecule has 2 aromatic heterocycles. The van der Waals surface area contributed by atoms with Crippen molar-refractivity contribution in [3.05, 3.63) is 48.0 Å². The SMILES string of the molecule is Cc1nccnc1-c1ccc(OC(C)C)cc1OCc1nc(C2CC2)no1. The molecule has 0 spiro atoms. The lowest BCUT2D eigenvalue weighted by molar-refractivity contribution is 0.231. The van der Waals surface area contributed by atoms with Crippen LogP contribution in [0.25, 0.3) is 11.3 Å². The summed E-state index contributed by atoms with van der Waals surface area (Å²) in [5.74, 6) is 3.06. The van der Waals surface area contributed by atoms with Gasteiger partial charge in [-0.05, 0) is 45.7 Å². The molecule has 1 aliphatic carbocycles. The summed E-state index contributed by atoms with van der Waals surface area (Å²) >= 11 is 0. The molecular formula is C20H22N4O3. The Kier molecular flexibility index (Phi) is 4.75. The number of rotatable bonds is 7. The first-order valence-corrected chi connectivity index (χ1v) is 9.14. The summed E-state index contributed by atoms with van der Waals surface area (Å²) in [4.78, 5) is 13.2. The van der Waals surface area contributed by atoms with Gasteiger partial charge >= 0.3 is 0 Å². The third-order valence-electron chi connectivity index (χ3n) is 4.24. The highest BCUT2D eigenvalue weighted by atomic mass is 16.5. The van der Waals surface area contributed by atoms with Gasteiger partial charge in [-0.25, -0.2) is 0 Å². The lowest BCUT2D eigenvalue weighted by Gasteiger charge is -2.15. The van der Waals surface area contributed by atoms with Crippen molar-refractivity contribution in [3.63, 3.8) is 0 Å². The summed E-state index contributed by atoms with van der Waals surface area (Å²) in [6, 6.07) is 5.71. The molecule has 140 valence electrons. The van der Waals surface area contributed by atoms with Crippen molar-refractivity contribution >= 4 is 0 Å². The molecule has 0 unspecified atom stereocenters. The molecule has 1 aliphatic rings. The normalized spacial score (nSPS) is 13.8. The highest BCUT2D eigenvalue weighted by Crippen LogP contribution is 2.38. The van der Waals surface area contributed by atoms with E-state index in [1.807, 2.05) is 39.0 Å². The van der Waals surface area contributed by atoms with Crippen LogP contribution in [0.3, 0.4) is 0 Å². The van der Waals surface area contributed by atoms with Crippen molar-refractivity contribution in [3.8, 4) is 22.8 Å². The molecule has 27 heavy (non-hydrogen) atoms. The summed E-state index contributed by atoms with van der Waals surface area (Å²) in [5, 5.41) is 4.03. The fourth-order valence-corrected chi connectivity index (χ4v) is 2.81. The van der Waals surface area contributed by atoms with Crippen LogP contribution in [-0.4, -0.2) is 26.2 Å². The van der Waals surface area contributed by atoms with Gasteiger partial charge < -0.3 is 14.0 Å². The van der Waals surface area contributed by atoms with Gasteiger partial charge in [0.15, 0.2) is 12.4 Å². The fourth-order valence-electron chi connectivity index (χ4n) is 2.81. The Balaban J connectivity index is 1.61. The highest BCUT2D eigenvalue weighted by molar-refractivity contribution is 5.70. The lowest BCUT2D eigenvalue weighted by Crippen LogP contribution is -2.06. The lowest BCUT2D eigenvalue weighted by atomic mass is 10.1. The van der Waals surface area contributed by atoms with Crippen molar-refractivity contribution in [2.45, 2.75) is 52.2 Å². The maximum absolute atomic E-state index is 6.02. The Morgan fingerprint density at radius 2 is 2.00 bits per heavy atom. The predicted octanol–water partition coefficient (Wildman–Crippen LogP) is 4.08. The second-order valence-electron chi connectivity index (χ2n) is 6.92. The summed E-state index contributed by atoms with van der Waals surface area (Å²) < 4.78 is 17.1. The van der Waals surface area contributed by atoms with Crippen LogP contribution in [0.5, 0.6) is 11.5 Å². The van der Waals surface area contributed by atoms with Crippen molar-refractivity contribution < 1.29 is 14.0 Å². The third-order valence-corrected chi connectivity index (χ3v) is 4.24. The van der Waals surface area contributed by atoms with Gasteiger partial charge in [-0.15, -0.1) is 0 Å². The van der Waals surface area contributed by atoms with E-state index in [0.29, 0.717) is 17.6 Å². The molecule has 0 radical (unpaired) electrons. The molecule has 1 aromatic carbocycles. The number of benzene rings is 1. The van der Waals surface area contributed by atoms with Crippen LogP contribution < -0.4 is 9.47 Å². The molecule has 2 heterocycles. The number of aromatic nitrogens is 4. The van der Waals surface area contributed by atoms with Crippen LogP contribution in [0.2, 0.25) is 0 Å². The van der Waals surface area contributed by atoms with Gasteiger partial charge in [0.25, 0.3) is 5.89 Å². The molecule has 7 nitrogen and oxygen atoms in total. The maximum atomic E-state index is 6.02. The summed E-state index contributed by atoms with van der Waals surface area (Å²) in [6.45, 7) is 6.08. The van der Waals surface area contributed by atoms with E-state index in [1.165, 1.54) is 0 Å². The first-order chi connectivity index (χ1) is 13.1. The first kappa shape index (κ1) is 17.5. The van der Waals surface area contributed by atoms with E-state index < -0.39 is 0 Å². The number of aryl methyl sites for hydroxylation is 1. The summed E-state index contributed by atoms with van der Waals surface area (Å²) in [6.07, 6.45) is 5.67. The van der Waals surface area contributed by atoms with Crippen LogP contribution in [0.4, 0.5) is 0 Å². The summed E-state index contributed by atoms with van der Waals surface area (Å²) in [5.41, 5.74) is 2.44. The van der Waals surface area contributed by atoms with Gasteiger partial charge in [0.05, 0.1) is 17.5 Å². The van der Waals surface area contributed by atoms with Crippen LogP contribution in [0.15, 0.2) is 35.1 Å². The molecule has 0 N–H and O–H groups in total. The van der Waals surface area contributed by atoms with Crippen LogP contribution in [0.1, 0.15) is 50.0 Å². The van der Waals surface area contributed by atoms with E-state index in [4.69, 9.17) is 14.0 Å². The Bertz CT molecular complexity index is 934. The molecule has 1 fully saturated rings. The molecule has 1 saturated carbocycles. The minimum Gasteiger partial charge on any atom is -0.491 e. The highest BCUT2D eigenvalue weighted by Gasteiger charge is 2.28. The van der Waals surface area contributed by atoms with E-state index in [0.717, 1.165) is 41.4 Å². The number of hydrogen-bond acceptors (Lipinski definition) is 7. The number of nitrogens with zero attached hydrogens (tertiary/aromatic N) is 4. The van der Waals surface area contributed by atoms with Gasteiger partial charge in [0.1, 0.15) is 11.5 Å². The fraction of sp³-hybridized carbons (Fsp3) is 0.400. The van der Waals surface area contributed by atoms with Gasteiger partial charge in [-0.1, -0.05) is 5.16 Å². The van der Waals surface area contributed by atoms with Gasteiger partial charge in [-0.3, -0.25) is 9.97 Å². The third kappa shape index (κ3) is 4.07. The average molecular weight is 366 g/mol. The Hall–Kier alpha value is -2.96. The van der Waals surface area contributed by atoms with Crippen molar-refractivity contribution in [2.75, 3.05) is 0 Å². The molecule has 0 saturated heterocycles.